The van der Waals surface area contributed by atoms with Crippen molar-refractivity contribution < 1.29 is 42.9 Å². The Balaban J connectivity index is 4.29. The lowest BCUT2D eigenvalue weighted by atomic mass is 10.0. The first-order valence-corrected chi connectivity index (χ1v) is 26.7. The van der Waals surface area contributed by atoms with Gasteiger partial charge in [0.25, 0.3) is 0 Å². The van der Waals surface area contributed by atoms with Gasteiger partial charge in [-0.15, -0.1) is 0 Å². The average Bonchev–Trinajstić information content (AvgIpc) is 3.29. The molecule has 384 valence electrons. The Hall–Kier alpha value is -3.53. The van der Waals surface area contributed by atoms with Crippen LogP contribution in [0.25, 0.3) is 0 Å². The van der Waals surface area contributed by atoms with Crippen molar-refractivity contribution in [2.45, 2.75) is 219 Å². The number of allylic oxidation sites excluding steroid dienone is 13. The van der Waals surface area contributed by atoms with Crippen molar-refractivity contribution in [1.29, 1.82) is 0 Å². The minimum absolute atomic E-state index is 0.0126. The van der Waals surface area contributed by atoms with Gasteiger partial charge in [-0.3, -0.25) is 9.59 Å². The largest absolute Gasteiger partial charge is 0.545 e. The minimum atomic E-state index is -1.65. The highest BCUT2D eigenvalue weighted by molar-refractivity contribution is 5.71. The Bertz CT molecular complexity index is 1370. The highest BCUT2D eigenvalue weighted by atomic mass is 16.7. The molecule has 0 heterocycles. The van der Waals surface area contributed by atoms with Crippen LogP contribution in [0.1, 0.15) is 206 Å². The van der Waals surface area contributed by atoms with Crippen molar-refractivity contribution in [3.05, 3.63) is 85.1 Å². The van der Waals surface area contributed by atoms with E-state index in [0.717, 1.165) is 51.4 Å². The van der Waals surface area contributed by atoms with Crippen LogP contribution in [0, 0.1) is 0 Å². The monoisotopic (exact) mass is 938 g/mol. The van der Waals surface area contributed by atoms with Gasteiger partial charge >= 0.3 is 11.9 Å². The van der Waals surface area contributed by atoms with Gasteiger partial charge in [-0.2, -0.15) is 0 Å². The van der Waals surface area contributed by atoms with Crippen molar-refractivity contribution >= 4 is 17.9 Å². The summed E-state index contributed by atoms with van der Waals surface area (Å²) >= 11 is 0. The number of carbonyl (C=O) groups excluding carboxylic acids is 3. The van der Waals surface area contributed by atoms with E-state index in [4.69, 9.17) is 18.9 Å². The third kappa shape index (κ3) is 50.2. The summed E-state index contributed by atoms with van der Waals surface area (Å²) in [7, 11) is 5.88. The molecule has 0 aromatic carbocycles. The highest BCUT2D eigenvalue weighted by Gasteiger charge is 2.21. The number of carboxylic acids is 1. The summed E-state index contributed by atoms with van der Waals surface area (Å²) in [5.74, 6) is -2.45. The van der Waals surface area contributed by atoms with E-state index in [9.17, 15) is 19.5 Å². The summed E-state index contributed by atoms with van der Waals surface area (Å²) in [6.45, 7) is 4.50. The molecular weight excluding hydrogens is 839 g/mol. The van der Waals surface area contributed by atoms with Gasteiger partial charge in [-0.05, 0) is 70.6 Å². The lowest BCUT2D eigenvalue weighted by Gasteiger charge is -2.26. The first kappa shape index (κ1) is 63.5. The quantitative estimate of drug-likeness (QED) is 0.0195. The van der Waals surface area contributed by atoms with Crippen LogP contribution in [0.3, 0.4) is 0 Å². The van der Waals surface area contributed by atoms with Gasteiger partial charge in [0.05, 0.1) is 46.7 Å². The summed E-state index contributed by atoms with van der Waals surface area (Å²) in [5.41, 5.74) is 0. The van der Waals surface area contributed by atoms with Gasteiger partial charge in [-0.25, -0.2) is 0 Å². The number of esters is 2. The number of rotatable bonds is 48. The van der Waals surface area contributed by atoms with Crippen molar-refractivity contribution in [2.24, 2.45) is 0 Å². The van der Waals surface area contributed by atoms with E-state index in [1.165, 1.54) is 122 Å². The molecule has 0 aliphatic rings. The summed E-state index contributed by atoms with van der Waals surface area (Å²) < 4.78 is 22.5. The Morgan fingerprint density at radius 3 is 1.34 bits per heavy atom. The fourth-order valence-electron chi connectivity index (χ4n) is 7.05. The predicted octanol–water partition coefficient (Wildman–Crippen LogP) is 13.9. The normalized spacial score (nSPS) is 13.5. The fraction of sp³-hybridized carbons (Fsp3) is 0.707. The molecule has 0 aromatic heterocycles. The molecule has 0 bridgehead atoms. The van der Waals surface area contributed by atoms with Crippen molar-refractivity contribution in [3.63, 3.8) is 0 Å². The van der Waals surface area contributed by atoms with Crippen LogP contribution in [0.4, 0.5) is 0 Å². The van der Waals surface area contributed by atoms with E-state index in [1.807, 2.05) is 33.3 Å². The molecule has 0 radical (unpaired) electrons. The maximum atomic E-state index is 12.7. The predicted molar refractivity (Wildman–Crippen MR) is 278 cm³/mol. The van der Waals surface area contributed by atoms with E-state index >= 15 is 0 Å². The molecule has 0 spiro atoms. The van der Waals surface area contributed by atoms with Crippen LogP contribution >= 0.6 is 0 Å². The molecule has 2 atom stereocenters. The summed E-state index contributed by atoms with van der Waals surface area (Å²) in [5, 5.41) is 11.7. The van der Waals surface area contributed by atoms with Gasteiger partial charge in [0.15, 0.2) is 12.4 Å². The SMILES string of the molecule is CC/C=C\C/C=C\C/C=C\C/C=C\C/C=C\CC(=O)OC(COC(=O)CCCCCCCCCCCCCCCCC/C=C\C/C=C\CCCCCCC)COC(OCC[N+](C)(C)C)C(=O)[O-]. The maximum absolute atomic E-state index is 12.7. The van der Waals surface area contributed by atoms with Gasteiger partial charge in [0, 0.05) is 6.42 Å². The molecule has 0 N–H and O–H groups in total. The fourth-order valence-corrected chi connectivity index (χ4v) is 7.05. The first-order chi connectivity index (χ1) is 32.6. The van der Waals surface area contributed by atoms with E-state index in [-0.39, 0.29) is 38.6 Å². The lowest BCUT2D eigenvalue weighted by molar-refractivity contribution is -0.870. The number of carboxylic acid groups (broad SMARTS) is 1. The number of likely N-dealkylation sites (N-methyl/N-ethyl adjacent to an activating group) is 1. The van der Waals surface area contributed by atoms with Crippen LogP contribution < -0.4 is 5.11 Å². The molecular formula is C58H99NO8. The second-order valence-electron chi connectivity index (χ2n) is 18.8. The molecule has 0 fully saturated rings. The number of unbranched alkanes of at least 4 members (excludes halogenated alkanes) is 20. The van der Waals surface area contributed by atoms with Gasteiger partial charge in [-0.1, -0.05) is 208 Å². The summed E-state index contributed by atoms with van der Waals surface area (Å²) in [4.78, 5) is 37.1. The maximum Gasteiger partial charge on any atom is 0.310 e. The first-order valence-electron chi connectivity index (χ1n) is 26.7. The summed E-state index contributed by atoms with van der Waals surface area (Å²) in [6.07, 6.45) is 61.0. The molecule has 0 aromatic rings. The van der Waals surface area contributed by atoms with E-state index in [2.05, 4.69) is 80.7 Å². The molecule has 0 rings (SSSR count). The van der Waals surface area contributed by atoms with Crippen molar-refractivity contribution in [3.8, 4) is 0 Å². The van der Waals surface area contributed by atoms with Crippen molar-refractivity contribution in [2.75, 3.05) is 47.5 Å². The number of quaternary nitrogens is 1. The number of aliphatic carboxylic acids is 1. The number of hydrogen-bond acceptors (Lipinski definition) is 8. The molecule has 0 saturated heterocycles. The van der Waals surface area contributed by atoms with E-state index < -0.39 is 24.3 Å². The molecule has 67 heavy (non-hydrogen) atoms. The van der Waals surface area contributed by atoms with Crippen LogP contribution in [0.5, 0.6) is 0 Å². The van der Waals surface area contributed by atoms with Gasteiger partial charge in [0.1, 0.15) is 13.2 Å². The Kier molecular flexibility index (Phi) is 46.3. The molecule has 0 aliphatic carbocycles. The smallest absolute Gasteiger partial charge is 0.310 e. The standard InChI is InChI=1S/C58H99NO8/c1-6-8-10-12-14-16-18-20-22-23-24-25-26-27-28-29-30-31-32-33-35-36-38-40-42-44-46-48-55(60)65-52-54(53-66-58(57(62)63)64-51-50-59(3,4)5)67-56(61)49-47-45-43-41-39-37-34-21-19-17-15-13-11-9-7-2/h9,11,15,17-18,20-21,23-24,34,39,41,45,47,54,58H,6-8,10,12-14,16,19,22,25-33,35-38,40,42-44,46,48-53H2,1-5H3/b11-9-,17-15-,20-18-,24-23-,34-21-,41-39-,47-45-. The van der Waals surface area contributed by atoms with E-state index in [1.54, 1.807) is 6.08 Å². The number of hydrogen-bond donors (Lipinski definition) is 0. The second kappa shape index (κ2) is 48.9. The highest BCUT2D eigenvalue weighted by Crippen LogP contribution is 2.15. The number of carbonyl (C=O) groups is 3. The van der Waals surface area contributed by atoms with Gasteiger partial charge < -0.3 is 33.3 Å². The lowest BCUT2D eigenvalue weighted by Crippen LogP contribution is -2.44. The number of ether oxygens (including phenoxy) is 4. The zero-order chi connectivity index (χ0) is 49.2. The van der Waals surface area contributed by atoms with E-state index in [0.29, 0.717) is 17.4 Å². The molecule has 0 saturated carbocycles. The third-order valence-corrected chi connectivity index (χ3v) is 11.2. The van der Waals surface area contributed by atoms with Crippen LogP contribution in [0.2, 0.25) is 0 Å². The molecule has 2 unspecified atom stereocenters. The topological polar surface area (TPSA) is 111 Å². The Morgan fingerprint density at radius 2 is 0.896 bits per heavy atom. The molecule has 9 nitrogen and oxygen atoms in total. The Morgan fingerprint density at radius 1 is 0.478 bits per heavy atom. The van der Waals surface area contributed by atoms with Gasteiger partial charge in [0.2, 0.25) is 0 Å². The summed E-state index contributed by atoms with van der Waals surface area (Å²) in [6, 6.07) is 0. The molecule has 0 amide bonds. The number of nitrogens with zero attached hydrogens (tertiary/aromatic N) is 1. The third-order valence-electron chi connectivity index (χ3n) is 11.2. The van der Waals surface area contributed by atoms with Crippen molar-refractivity contribution in [1.82, 2.24) is 0 Å². The molecule has 9 heteroatoms. The van der Waals surface area contributed by atoms with Crippen LogP contribution in [0.15, 0.2) is 85.1 Å². The molecule has 0 aliphatic heterocycles. The second-order valence-corrected chi connectivity index (χ2v) is 18.8. The minimum Gasteiger partial charge on any atom is -0.545 e. The zero-order valence-electron chi connectivity index (χ0n) is 43.5. The van der Waals surface area contributed by atoms with Crippen LogP contribution in [-0.2, 0) is 33.3 Å². The Labute approximate surface area is 410 Å². The average molecular weight is 938 g/mol. The van der Waals surface area contributed by atoms with Crippen LogP contribution in [-0.4, -0.2) is 82.3 Å². The zero-order valence-corrected chi connectivity index (χ0v) is 43.5.